The molecule has 0 aromatic carbocycles. The Morgan fingerprint density at radius 1 is 1.38 bits per heavy atom. The number of hydrogen-bond donors (Lipinski definition) is 0. The van der Waals surface area contributed by atoms with E-state index in [-0.39, 0.29) is 0 Å². The molecule has 8 heavy (non-hydrogen) atoms. The lowest BCUT2D eigenvalue weighted by molar-refractivity contribution is 0.553. The van der Waals surface area contributed by atoms with E-state index in [1.165, 1.54) is 12.8 Å². The van der Waals surface area contributed by atoms with E-state index in [0.29, 0.717) is 0 Å². The van der Waals surface area contributed by atoms with Crippen molar-refractivity contribution in [3.63, 3.8) is 0 Å². The predicted molar refractivity (Wildman–Crippen MR) is 38.7 cm³/mol. The van der Waals surface area contributed by atoms with Gasteiger partial charge >= 0.3 is 0 Å². The second-order valence-corrected chi connectivity index (χ2v) is 2.51. The summed E-state index contributed by atoms with van der Waals surface area (Å²) in [6, 6.07) is 0. The maximum Gasteiger partial charge on any atom is -0.0247 e. The summed E-state index contributed by atoms with van der Waals surface area (Å²) in [5.41, 5.74) is 0. The minimum Gasteiger partial charge on any atom is -0.0651 e. The monoisotopic (exact) mass is 113 g/mol. The Bertz CT molecular complexity index is 40.0. The van der Waals surface area contributed by atoms with E-state index in [0.717, 1.165) is 5.92 Å². The van der Waals surface area contributed by atoms with E-state index in [1.807, 2.05) is 0 Å². The minimum absolute atomic E-state index is 0.833. The van der Waals surface area contributed by atoms with Gasteiger partial charge in [0, 0.05) is 0 Å². The molecule has 0 amide bonds. The molecule has 0 spiro atoms. The Morgan fingerprint density at radius 3 is 2.00 bits per heavy atom. The van der Waals surface area contributed by atoms with E-state index in [9.17, 15) is 0 Å². The highest BCUT2D eigenvalue weighted by Crippen LogP contribution is 2.18. The standard InChI is InChI=1S/C8H17/c1-5-7(3)8(4)6-2/h7H,5-6H2,1-4H3. The largest absolute Gasteiger partial charge is 0.0651 e. The molecule has 0 saturated heterocycles. The van der Waals surface area contributed by atoms with Crippen LogP contribution >= 0.6 is 0 Å². The van der Waals surface area contributed by atoms with Gasteiger partial charge in [-0.15, -0.1) is 0 Å². The molecular weight excluding hydrogens is 96.1 g/mol. The zero-order valence-corrected chi connectivity index (χ0v) is 6.49. The van der Waals surface area contributed by atoms with E-state index in [2.05, 4.69) is 27.7 Å². The number of hydrogen-bond acceptors (Lipinski definition) is 0. The fraction of sp³-hybridized carbons (Fsp3) is 0.875. The molecule has 49 valence electrons. The fourth-order valence-corrected chi connectivity index (χ4v) is 0.697. The molecule has 0 nitrogen and oxygen atoms in total. The van der Waals surface area contributed by atoms with Crippen LogP contribution in [0.4, 0.5) is 0 Å². The lowest BCUT2D eigenvalue weighted by Gasteiger charge is -2.14. The Hall–Kier alpha value is 0. The molecule has 1 radical (unpaired) electrons. The maximum absolute atomic E-state index is 2.29. The molecule has 0 heterocycles. The van der Waals surface area contributed by atoms with Crippen LogP contribution in [-0.4, -0.2) is 0 Å². The molecule has 0 aliphatic rings. The summed E-state index contributed by atoms with van der Waals surface area (Å²) >= 11 is 0. The van der Waals surface area contributed by atoms with E-state index < -0.39 is 0 Å². The highest BCUT2D eigenvalue weighted by molar-refractivity contribution is 4.86. The van der Waals surface area contributed by atoms with Gasteiger partial charge < -0.3 is 0 Å². The van der Waals surface area contributed by atoms with Gasteiger partial charge in [-0.25, -0.2) is 0 Å². The first-order valence-corrected chi connectivity index (χ1v) is 3.54. The Balaban J connectivity index is 3.29. The normalized spacial score (nSPS) is 14.6. The molecule has 0 fully saturated rings. The van der Waals surface area contributed by atoms with Gasteiger partial charge in [-0.05, 0) is 18.3 Å². The second-order valence-electron chi connectivity index (χ2n) is 2.51. The van der Waals surface area contributed by atoms with Crippen molar-refractivity contribution in [2.75, 3.05) is 0 Å². The van der Waals surface area contributed by atoms with E-state index >= 15 is 0 Å². The second kappa shape index (κ2) is 3.94. The van der Waals surface area contributed by atoms with Gasteiger partial charge in [-0.1, -0.05) is 34.1 Å². The first-order chi connectivity index (χ1) is 3.72. The summed E-state index contributed by atoms with van der Waals surface area (Å²) in [6.07, 6.45) is 2.54. The van der Waals surface area contributed by atoms with Gasteiger partial charge in [0.25, 0.3) is 0 Å². The first-order valence-electron chi connectivity index (χ1n) is 3.54. The lowest BCUT2D eigenvalue weighted by atomic mass is 9.92. The Labute approximate surface area is 53.3 Å². The van der Waals surface area contributed by atoms with Gasteiger partial charge in [0.1, 0.15) is 0 Å². The highest BCUT2D eigenvalue weighted by Gasteiger charge is 2.06. The summed E-state index contributed by atoms with van der Waals surface area (Å²) in [5.74, 6) is 2.47. The summed E-state index contributed by atoms with van der Waals surface area (Å²) in [6.45, 7) is 9.00. The third-order valence-corrected chi connectivity index (χ3v) is 2.01. The average molecular weight is 113 g/mol. The van der Waals surface area contributed by atoms with Crippen molar-refractivity contribution in [3.05, 3.63) is 5.92 Å². The Kier molecular flexibility index (Phi) is 3.94. The maximum atomic E-state index is 2.29. The summed E-state index contributed by atoms with van der Waals surface area (Å²) < 4.78 is 0. The van der Waals surface area contributed by atoms with Crippen molar-refractivity contribution < 1.29 is 0 Å². The molecule has 0 saturated carbocycles. The van der Waals surface area contributed by atoms with Gasteiger partial charge in [0.2, 0.25) is 0 Å². The smallest absolute Gasteiger partial charge is 0.0247 e. The highest BCUT2D eigenvalue weighted by atomic mass is 14.1. The molecule has 0 aromatic heterocycles. The molecule has 0 aromatic rings. The van der Waals surface area contributed by atoms with Crippen molar-refractivity contribution in [2.45, 2.75) is 40.5 Å². The summed E-state index contributed by atoms with van der Waals surface area (Å²) in [5, 5.41) is 0. The van der Waals surface area contributed by atoms with E-state index in [1.54, 1.807) is 5.92 Å². The predicted octanol–water partition coefficient (Wildman–Crippen LogP) is 3.04. The number of rotatable bonds is 3. The van der Waals surface area contributed by atoms with Crippen LogP contribution in [0.25, 0.3) is 0 Å². The van der Waals surface area contributed by atoms with Crippen LogP contribution in [0.3, 0.4) is 0 Å². The molecule has 0 aliphatic carbocycles. The van der Waals surface area contributed by atoms with Gasteiger partial charge in [0.15, 0.2) is 0 Å². The van der Waals surface area contributed by atoms with Crippen LogP contribution in [0.5, 0.6) is 0 Å². The quantitative estimate of drug-likeness (QED) is 0.527. The molecular formula is C8H17. The van der Waals surface area contributed by atoms with Crippen LogP contribution in [-0.2, 0) is 0 Å². The third kappa shape index (κ3) is 2.34. The van der Waals surface area contributed by atoms with E-state index in [4.69, 9.17) is 0 Å². The van der Waals surface area contributed by atoms with Crippen LogP contribution < -0.4 is 0 Å². The zero-order chi connectivity index (χ0) is 6.57. The first kappa shape index (κ1) is 8.00. The fourth-order valence-electron chi connectivity index (χ4n) is 0.697. The van der Waals surface area contributed by atoms with Crippen LogP contribution in [0.15, 0.2) is 0 Å². The van der Waals surface area contributed by atoms with Crippen molar-refractivity contribution >= 4 is 0 Å². The third-order valence-electron chi connectivity index (χ3n) is 2.01. The minimum atomic E-state index is 0.833. The zero-order valence-electron chi connectivity index (χ0n) is 6.49. The molecule has 0 rings (SSSR count). The molecule has 1 unspecified atom stereocenters. The molecule has 1 atom stereocenters. The lowest BCUT2D eigenvalue weighted by Crippen LogP contribution is -2.01. The molecule has 0 aliphatic heterocycles. The van der Waals surface area contributed by atoms with Crippen molar-refractivity contribution in [1.82, 2.24) is 0 Å². The Morgan fingerprint density at radius 2 is 1.88 bits per heavy atom. The molecule has 0 bridgehead atoms. The SMILES string of the molecule is CC[C](C)C(C)CC. The molecule has 0 heteroatoms. The summed E-state index contributed by atoms with van der Waals surface area (Å²) in [4.78, 5) is 0. The van der Waals surface area contributed by atoms with Crippen molar-refractivity contribution in [1.29, 1.82) is 0 Å². The van der Waals surface area contributed by atoms with Crippen LogP contribution in [0, 0.1) is 11.8 Å². The van der Waals surface area contributed by atoms with Gasteiger partial charge in [0.05, 0.1) is 0 Å². The van der Waals surface area contributed by atoms with Gasteiger partial charge in [-0.3, -0.25) is 0 Å². The average Bonchev–Trinajstić information content (AvgIpc) is 1.84. The molecule has 0 N–H and O–H groups in total. The topological polar surface area (TPSA) is 0 Å². The summed E-state index contributed by atoms with van der Waals surface area (Å²) in [7, 11) is 0. The van der Waals surface area contributed by atoms with Crippen LogP contribution in [0.1, 0.15) is 40.5 Å². The van der Waals surface area contributed by atoms with Crippen LogP contribution in [0.2, 0.25) is 0 Å². The van der Waals surface area contributed by atoms with Crippen molar-refractivity contribution in [3.8, 4) is 0 Å². The van der Waals surface area contributed by atoms with Gasteiger partial charge in [-0.2, -0.15) is 0 Å². The van der Waals surface area contributed by atoms with Crippen molar-refractivity contribution in [2.24, 2.45) is 5.92 Å².